The standard InChI is InChI=1S/C20H23N3O3S/c1-2-14-5-7-15(8-6-14)18(24)21-22-19(25)16-9-11-23(12-10-16)20(26)17-4-3-13-27-17/h3-8,13,16H,2,9-12H2,1H3,(H,21,24)(H,22,25). The Labute approximate surface area is 162 Å². The van der Waals surface area contributed by atoms with Gasteiger partial charge in [-0.2, -0.15) is 0 Å². The number of carbonyl (C=O) groups excluding carboxylic acids is 3. The Morgan fingerprint density at radius 1 is 1.07 bits per heavy atom. The number of amides is 3. The van der Waals surface area contributed by atoms with Gasteiger partial charge in [-0.05, 0) is 48.4 Å². The van der Waals surface area contributed by atoms with Gasteiger partial charge in [0.25, 0.3) is 11.8 Å². The van der Waals surface area contributed by atoms with Gasteiger partial charge in [-0.15, -0.1) is 11.3 Å². The lowest BCUT2D eigenvalue weighted by Crippen LogP contribution is -2.48. The van der Waals surface area contributed by atoms with Crippen LogP contribution in [0, 0.1) is 5.92 Å². The molecule has 2 aromatic rings. The van der Waals surface area contributed by atoms with E-state index in [-0.39, 0.29) is 23.6 Å². The molecule has 27 heavy (non-hydrogen) atoms. The Balaban J connectivity index is 1.45. The van der Waals surface area contributed by atoms with Crippen LogP contribution in [0.15, 0.2) is 41.8 Å². The Morgan fingerprint density at radius 3 is 2.37 bits per heavy atom. The van der Waals surface area contributed by atoms with E-state index in [0.717, 1.165) is 16.9 Å². The average Bonchev–Trinajstić information content (AvgIpc) is 3.26. The molecule has 3 rings (SSSR count). The highest BCUT2D eigenvalue weighted by Gasteiger charge is 2.28. The highest BCUT2D eigenvalue weighted by Crippen LogP contribution is 2.20. The van der Waals surface area contributed by atoms with Crippen LogP contribution < -0.4 is 10.9 Å². The number of carbonyl (C=O) groups is 3. The van der Waals surface area contributed by atoms with Gasteiger partial charge in [0.2, 0.25) is 5.91 Å². The Morgan fingerprint density at radius 2 is 1.78 bits per heavy atom. The second-order valence-electron chi connectivity index (χ2n) is 6.54. The maximum atomic E-state index is 12.3. The van der Waals surface area contributed by atoms with Crippen molar-refractivity contribution in [1.82, 2.24) is 15.8 Å². The minimum atomic E-state index is -0.337. The van der Waals surface area contributed by atoms with E-state index in [4.69, 9.17) is 0 Å². The molecule has 0 bridgehead atoms. The molecule has 0 spiro atoms. The van der Waals surface area contributed by atoms with Gasteiger partial charge >= 0.3 is 0 Å². The third kappa shape index (κ3) is 4.74. The predicted molar refractivity (Wildman–Crippen MR) is 104 cm³/mol. The van der Waals surface area contributed by atoms with Crippen molar-refractivity contribution in [2.45, 2.75) is 26.2 Å². The van der Waals surface area contributed by atoms with Crippen LogP contribution in [0.1, 0.15) is 45.4 Å². The van der Waals surface area contributed by atoms with Crippen LogP contribution in [0.2, 0.25) is 0 Å². The number of rotatable bonds is 4. The molecule has 1 aliphatic rings. The Hall–Kier alpha value is -2.67. The first-order chi connectivity index (χ1) is 13.1. The van der Waals surface area contributed by atoms with Crippen molar-refractivity contribution in [2.24, 2.45) is 5.92 Å². The zero-order valence-corrected chi connectivity index (χ0v) is 16.1. The molecule has 0 atom stereocenters. The van der Waals surface area contributed by atoms with Crippen LogP contribution >= 0.6 is 11.3 Å². The van der Waals surface area contributed by atoms with Gasteiger partial charge in [0.15, 0.2) is 0 Å². The fraction of sp³-hybridized carbons (Fsp3) is 0.350. The number of hydrazine groups is 1. The monoisotopic (exact) mass is 385 g/mol. The lowest BCUT2D eigenvalue weighted by atomic mass is 9.96. The first kappa shape index (κ1) is 19.1. The van der Waals surface area contributed by atoms with E-state index in [2.05, 4.69) is 17.8 Å². The molecule has 0 unspecified atom stereocenters. The first-order valence-electron chi connectivity index (χ1n) is 9.10. The number of aryl methyl sites for hydroxylation is 1. The van der Waals surface area contributed by atoms with Gasteiger partial charge in [0.1, 0.15) is 0 Å². The molecule has 1 aromatic carbocycles. The van der Waals surface area contributed by atoms with Crippen LogP contribution in [0.4, 0.5) is 0 Å². The number of thiophene rings is 1. The summed E-state index contributed by atoms with van der Waals surface area (Å²) >= 11 is 1.43. The van der Waals surface area contributed by atoms with Gasteiger partial charge in [-0.25, -0.2) is 0 Å². The summed E-state index contributed by atoms with van der Waals surface area (Å²) < 4.78 is 0. The van der Waals surface area contributed by atoms with Crippen LogP contribution in [0.3, 0.4) is 0 Å². The normalized spacial score (nSPS) is 14.6. The van der Waals surface area contributed by atoms with Crippen LogP contribution in [0.25, 0.3) is 0 Å². The molecular formula is C20H23N3O3S. The number of nitrogens with zero attached hydrogens (tertiary/aromatic N) is 1. The fourth-order valence-corrected chi connectivity index (χ4v) is 3.78. The summed E-state index contributed by atoms with van der Waals surface area (Å²) in [6.45, 7) is 3.14. The van der Waals surface area contributed by atoms with Crippen molar-refractivity contribution in [3.8, 4) is 0 Å². The second-order valence-corrected chi connectivity index (χ2v) is 7.49. The van der Waals surface area contributed by atoms with E-state index in [1.54, 1.807) is 17.0 Å². The second kappa shape index (κ2) is 8.81. The van der Waals surface area contributed by atoms with Crippen molar-refractivity contribution < 1.29 is 14.4 Å². The number of hydrogen-bond acceptors (Lipinski definition) is 4. The molecule has 1 fully saturated rings. The molecule has 1 aliphatic heterocycles. The molecule has 0 saturated carbocycles. The third-order valence-electron chi connectivity index (χ3n) is 4.81. The van der Waals surface area contributed by atoms with Gasteiger partial charge < -0.3 is 4.90 Å². The van der Waals surface area contributed by atoms with Crippen molar-refractivity contribution in [3.05, 3.63) is 57.8 Å². The van der Waals surface area contributed by atoms with E-state index in [0.29, 0.717) is 31.5 Å². The van der Waals surface area contributed by atoms with Crippen molar-refractivity contribution in [2.75, 3.05) is 13.1 Å². The lowest BCUT2D eigenvalue weighted by molar-refractivity contribution is -0.127. The summed E-state index contributed by atoms with van der Waals surface area (Å²) in [6, 6.07) is 11.0. The highest BCUT2D eigenvalue weighted by molar-refractivity contribution is 7.12. The summed E-state index contributed by atoms with van der Waals surface area (Å²) in [7, 11) is 0. The van der Waals surface area contributed by atoms with Crippen molar-refractivity contribution in [1.29, 1.82) is 0 Å². The molecule has 0 aliphatic carbocycles. The summed E-state index contributed by atoms with van der Waals surface area (Å²) in [4.78, 5) is 39.3. The van der Waals surface area contributed by atoms with Gasteiger partial charge in [0, 0.05) is 24.6 Å². The van der Waals surface area contributed by atoms with Crippen molar-refractivity contribution in [3.63, 3.8) is 0 Å². The number of likely N-dealkylation sites (tertiary alicyclic amines) is 1. The number of benzene rings is 1. The van der Waals surface area contributed by atoms with E-state index in [9.17, 15) is 14.4 Å². The summed E-state index contributed by atoms with van der Waals surface area (Å²) in [5.74, 6) is -0.735. The lowest BCUT2D eigenvalue weighted by Gasteiger charge is -2.31. The van der Waals surface area contributed by atoms with E-state index in [1.807, 2.05) is 29.6 Å². The third-order valence-corrected chi connectivity index (χ3v) is 5.67. The maximum Gasteiger partial charge on any atom is 0.269 e. The smallest absolute Gasteiger partial charge is 0.269 e. The molecule has 142 valence electrons. The van der Waals surface area contributed by atoms with Crippen molar-refractivity contribution >= 4 is 29.1 Å². The summed E-state index contributed by atoms with van der Waals surface area (Å²) in [6.07, 6.45) is 2.08. The molecule has 3 amide bonds. The van der Waals surface area contributed by atoms with Gasteiger partial charge in [-0.3, -0.25) is 25.2 Å². The quantitative estimate of drug-likeness (QED) is 0.794. The average molecular weight is 385 g/mol. The van der Waals surface area contributed by atoms with Gasteiger partial charge in [-0.1, -0.05) is 25.1 Å². The predicted octanol–water partition coefficient (Wildman–Crippen LogP) is 2.62. The zero-order chi connectivity index (χ0) is 19.2. The molecule has 1 aromatic heterocycles. The minimum Gasteiger partial charge on any atom is -0.338 e. The first-order valence-corrected chi connectivity index (χ1v) is 9.98. The molecule has 1 saturated heterocycles. The van der Waals surface area contributed by atoms with E-state index >= 15 is 0 Å². The fourth-order valence-electron chi connectivity index (χ4n) is 3.09. The summed E-state index contributed by atoms with van der Waals surface area (Å²) in [5, 5.41) is 1.88. The number of hydrogen-bond donors (Lipinski definition) is 2. The van der Waals surface area contributed by atoms with E-state index in [1.165, 1.54) is 11.3 Å². The number of nitrogens with one attached hydrogen (secondary N) is 2. The molecule has 6 nitrogen and oxygen atoms in total. The molecule has 2 heterocycles. The van der Waals surface area contributed by atoms with Crippen LogP contribution in [-0.4, -0.2) is 35.7 Å². The maximum absolute atomic E-state index is 12.3. The Bertz CT molecular complexity index is 794. The Kier molecular flexibility index (Phi) is 6.24. The molecule has 7 heteroatoms. The zero-order valence-electron chi connectivity index (χ0n) is 15.2. The SMILES string of the molecule is CCc1ccc(C(=O)NNC(=O)C2CCN(C(=O)c3cccs3)CC2)cc1. The summed E-state index contributed by atoms with van der Waals surface area (Å²) in [5.41, 5.74) is 6.64. The number of piperidine rings is 1. The largest absolute Gasteiger partial charge is 0.338 e. The van der Waals surface area contributed by atoms with Crippen LogP contribution in [0.5, 0.6) is 0 Å². The highest BCUT2D eigenvalue weighted by atomic mass is 32.1. The molecular weight excluding hydrogens is 362 g/mol. The van der Waals surface area contributed by atoms with Crippen LogP contribution in [-0.2, 0) is 11.2 Å². The molecule has 2 N–H and O–H groups in total. The minimum absolute atomic E-state index is 0.0210. The van der Waals surface area contributed by atoms with E-state index < -0.39 is 0 Å². The molecule has 0 radical (unpaired) electrons. The topological polar surface area (TPSA) is 78.5 Å². The van der Waals surface area contributed by atoms with Gasteiger partial charge in [0.05, 0.1) is 4.88 Å².